The normalized spacial score (nSPS) is 15.2. The number of rotatable bonds is 3. The van der Waals surface area contributed by atoms with E-state index in [4.69, 9.17) is 12.2 Å². The third-order valence-electron chi connectivity index (χ3n) is 3.18. The number of aromatic hydroxyl groups is 1. The average molecular weight is 277 g/mol. The molecule has 0 atom stereocenters. The molecule has 1 aliphatic heterocycles. The van der Waals surface area contributed by atoms with Crippen molar-refractivity contribution in [1.29, 1.82) is 0 Å². The molecule has 19 heavy (non-hydrogen) atoms. The summed E-state index contributed by atoms with van der Waals surface area (Å²) >= 11 is 5.33. The molecule has 1 fully saturated rings. The highest BCUT2D eigenvalue weighted by Crippen LogP contribution is 2.19. The third-order valence-corrected chi connectivity index (χ3v) is 3.58. The van der Waals surface area contributed by atoms with Gasteiger partial charge in [-0.2, -0.15) is 0 Å². The number of hydrogen-bond acceptors (Lipinski definition) is 3. The summed E-state index contributed by atoms with van der Waals surface area (Å²) in [6.07, 6.45) is 1.80. The van der Waals surface area contributed by atoms with Gasteiger partial charge < -0.3 is 20.2 Å². The van der Waals surface area contributed by atoms with E-state index >= 15 is 0 Å². The van der Waals surface area contributed by atoms with E-state index in [0.717, 1.165) is 37.0 Å². The van der Waals surface area contributed by atoms with Gasteiger partial charge in [0, 0.05) is 38.4 Å². The van der Waals surface area contributed by atoms with Gasteiger partial charge in [-0.05, 0) is 36.5 Å². The molecule has 0 bridgehead atoms. The number of benzene rings is 1. The third kappa shape index (κ3) is 3.61. The van der Waals surface area contributed by atoms with Gasteiger partial charge in [-0.3, -0.25) is 0 Å². The van der Waals surface area contributed by atoms with Crippen molar-refractivity contribution in [1.82, 2.24) is 10.2 Å². The zero-order chi connectivity index (χ0) is 13.7. The maximum atomic E-state index is 9.29. The Morgan fingerprint density at radius 3 is 2.47 bits per heavy atom. The zero-order valence-corrected chi connectivity index (χ0v) is 11.7. The minimum absolute atomic E-state index is 0.303. The van der Waals surface area contributed by atoms with Crippen molar-refractivity contribution < 1.29 is 5.11 Å². The first-order chi connectivity index (χ1) is 9.20. The van der Waals surface area contributed by atoms with E-state index in [1.54, 1.807) is 18.2 Å². The van der Waals surface area contributed by atoms with Crippen LogP contribution in [0.2, 0.25) is 0 Å². The molecule has 1 heterocycles. The smallest absolute Gasteiger partial charge is 0.169 e. The standard InChI is InChI=1S/C14H19N3OS/c1-2-7-15-14(19)17-10-8-16(9-11-17)12-3-5-13(18)6-4-12/h2-6,18H,1,7-11H2,(H,15,19). The molecule has 0 radical (unpaired) electrons. The predicted molar refractivity (Wildman–Crippen MR) is 82.7 cm³/mol. The molecular weight excluding hydrogens is 258 g/mol. The number of nitrogens with one attached hydrogen (secondary N) is 1. The second kappa shape index (κ2) is 6.43. The fraction of sp³-hybridized carbons (Fsp3) is 0.357. The molecule has 1 aliphatic rings. The van der Waals surface area contributed by atoms with Gasteiger partial charge in [0.2, 0.25) is 0 Å². The Morgan fingerprint density at radius 2 is 1.89 bits per heavy atom. The number of hydrogen-bond donors (Lipinski definition) is 2. The van der Waals surface area contributed by atoms with Gasteiger partial charge in [-0.1, -0.05) is 6.08 Å². The van der Waals surface area contributed by atoms with Gasteiger partial charge in [0.1, 0.15) is 5.75 Å². The first kappa shape index (κ1) is 13.7. The van der Waals surface area contributed by atoms with E-state index in [0.29, 0.717) is 12.3 Å². The first-order valence-electron chi connectivity index (χ1n) is 6.38. The lowest BCUT2D eigenvalue weighted by atomic mass is 10.2. The fourth-order valence-corrected chi connectivity index (χ4v) is 2.37. The minimum atomic E-state index is 0.303. The second-order valence-corrected chi connectivity index (χ2v) is 4.85. The number of phenols is 1. The van der Waals surface area contributed by atoms with Crippen molar-refractivity contribution in [3.8, 4) is 5.75 Å². The molecule has 0 saturated carbocycles. The minimum Gasteiger partial charge on any atom is -0.508 e. The predicted octanol–water partition coefficient (Wildman–Crippen LogP) is 1.57. The maximum absolute atomic E-state index is 9.29. The molecule has 0 aromatic heterocycles. The highest BCUT2D eigenvalue weighted by molar-refractivity contribution is 7.80. The number of phenolic OH excluding ortho intramolecular Hbond substituents is 1. The highest BCUT2D eigenvalue weighted by Gasteiger charge is 2.18. The zero-order valence-electron chi connectivity index (χ0n) is 10.9. The molecule has 2 rings (SSSR count). The molecule has 0 unspecified atom stereocenters. The van der Waals surface area contributed by atoms with E-state index in [1.807, 2.05) is 12.1 Å². The number of nitrogens with zero attached hydrogens (tertiary/aromatic N) is 2. The van der Waals surface area contributed by atoms with Gasteiger partial charge in [0.05, 0.1) is 0 Å². The van der Waals surface area contributed by atoms with Crippen LogP contribution in [0.25, 0.3) is 0 Å². The molecule has 5 heteroatoms. The van der Waals surface area contributed by atoms with Crippen LogP contribution in [-0.2, 0) is 0 Å². The second-order valence-electron chi connectivity index (χ2n) is 4.47. The van der Waals surface area contributed by atoms with Crippen LogP contribution in [0.4, 0.5) is 5.69 Å². The lowest BCUT2D eigenvalue weighted by Gasteiger charge is -2.37. The van der Waals surface area contributed by atoms with Crippen LogP contribution in [0.15, 0.2) is 36.9 Å². The van der Waals surface area contributed by atoms with Crippen molar-refractivity contribution in [2.75, 3.05) is 37.6 Å². The maximum Gasteiger partial charge on any atom is 0.169 e. The van der Waals surface area contributed by atoms with Gasteiger partial charge in [-0.15, -0.1) is 6.58 Å². The lowest BCUT2D eigenvalue weighted by Crippen LogP contribution is -2.51. The van der Waals surface area contributed by atoms with Crippen molar-refractivity contribution in [3.63, 3.8) is 0 Å². The Balaban J connectivity index is 1.86. The Morgan fingerprint density at radius 1 is 1.26 bits per heavy atom. The molecule has 0 aliphatic carbocycles. The van der Waals surface area contributed by atoms with E-state index in [-0.39, 0.29) is 0 Å². The van der Waals surface area contributed by atoms with Crippen LogP contribution < -0.4 is 10.2 Å². The summed E-state index contributed by atoms with van der Waals surface area (Å²) in [5.41, 5.74) is 1.14. The van der Waals surface area contributed by atoms with Crippen LogP contribution >= 0.6 is 12.2 Å². The number of piperazine rings is 1. The van der Waals surface area contributed by atoms with E-state index in [9.17, 15) is 5.11 Å². The SMILES string of the molecule is C=CCNC(=S)N1CCN(c2ccc(O)cc2)CC1. The molecule has 2 N–H and O–H groups in total. The molecule has 1 aromatic rings. The molecule has 0 spiro atoms. The van der Waals surface area contributed by atoms with Gasteiger partial charge >= 0.3 is 0 Å². The first-order valence-corrected chi connectivity index (χ1v) is 6.79. The van der Waals surface area contributed by atoms with Gasteiger partial charge in [0.25, 0.3) is 0 Å². The Labute approximate surface area is 119 Å². The Kier molecular flexibility index (Phi) is 4.63. The summed E-state index contributed by atoms with van der Waals surface area (Å²) < 4.78 is 0. The van der Waals surface area contributed by atoms with Crippen molar-refractivity contribution in [2.24, 2.45) is 0 Å². The number of thiocarbonyl (C=S) groups is 1. The molecule has 4 nitrogen and oxygen atoms in total. The van der Waals surface area contributed by atoms with E-state index in [2.05, 4.69) is 21.7 Å². The van der Waals surface area contributed by atoms with Gasteiger partial charge in [-0.25, -0.2) is 0 Å². The Hall–Kier alpha value is -1.75. The molecule has 0 amide bonds. The monoisotopic (exact) mass is 277 g/mol. The molecule has 102 valence electrons. The topological polar surface area (TPSA) is 38.7 Å². The Bertz CT molecular complexity index is 439. The molecule has 1 aromatic carbocycles. The average Bonchev–Trinajstić information content (AvgIpc) is 2.46. The van der Waals surface area contributed by atoms with Crippen LogP contribution in [0.3, 0.4) is 0 Å². The molecular formula is C14H19N3OS. The van der Waals surface area contributed by atoms with Crippen LogP contribution in [0.5, 0.6) is 5.75 Å². The van der Waals surface area contributed by atoms with Crippen molar-refractivity contribution >= 4 is 23.0 Å². The van der Waals surface area contributed by atoms with Crippen LogP contribution in [0, 0.1) is 0 Å². The lowest BCUT2D eigenvalue weighted by molar-refractivity contribution is 0.381. The summed E-state index contributed by atoms with van der Waals surface area (Å²) in [4.78, 5) is 4.47. The van der Waals surface area contributed by atoms with E-state index < -0.39 is 0 Å². The largest absolute Gasteiger partial charge is 0.508 e. The van der Waals surface area contributed by atoms with E-state index in [1.165, 1.54) is 0 Å². The quantitative estimate of drug-likeness (QED) is 0.648. The molecule has 1 saturated heterocycles. The summed E-state index contributed by atoms with van der Waals surface area (Å²) in [5.74, 6) is 0.303. The summed E-state index contributed by atoms with van der Waals surface area (Å²) in [5, 5.41) is 13.2. The fourth-order valence-electron chi connectivity index (χ4n) is 2.10. The summed E-state index contributed by atoms with van der Waals surface area (Å²) in [6.45, 7) is 8.05. The van der Waals surface area contributed by atoms with Gasteiger partial charge in [0.15, 0.2) is 5.11 Å². The highest BCUT2D eigenvalue weighted by atomic mass is 32.1. The summed E-state index contributed by atoms with van der Waals surface area (Å²) in [6, 6.07) is 7.33. The van der Waals surface area contributed by atoms with Crippen LogP contribution in [0.1, 0.15) is 0 Å². The van der Waals surface area contributed by atoms with Crippen molar-refractivity contribution in [3.05, 3.63) is 36.9 Å². The summed E-state index contributed by atoms with van der Waals surface area (Å²) in [7, 11) is 0. The van der Waals surface area contributed by atoms with Crippen LogP contribution in [-0.4, -0.2) is 47.8 Å². The van der Waals surface area contributed by atoms with Crippen molar-refractivity contribution in [2.45, 2.75) is 0 Å². The number of anilines is 1.